The number of rotatable bonds is 1. The molecule has 5 nitrogen and oxygen atoms in total. The second kappa shape index (κ2) is 6.61. The summed E-state index contributed by atoms with van der Waals surface area (Å²) in [5.74, 6) is 0. The number of nitriles is 1. The second-order valence-electron chi connectivity index (χ2n) is 4.21. The van der Waals surface area contributed by atoms with Gasteiger partial charge >= 0.3 is 0 Å². The fourth-order valence-electron chi connectivity index (χ4n) is 1.50. The van der Waals surface area contributed by atoms with E-state index in [0.717, 1.165) is 5.56 Å². The number of nitrogens with zero attached hydrogens (tertiary/aromatic N) is 1. The molecule has 1 fully saturated rings. The largest absolute Gasteiger partial charge is 0.299 e. The summed E-state index contributed by atoms with van der Waals surface area (Å²) in [7, 11) is -4.02. The molecule has 104 valence electrons. The molecule has 0 aliphatic carbocycles. The first-order chi connectivity index (χ1) is 8.82. The fourth-order valence-corrected chi connectivity index (χ4v) is 1.98. The van der Waals surface area contributed by atoms with Crippen molar-refractivity contribution >= 4 is 10.1 Å². The Balaban J connectivity index is 0.000000200. The molecule has 2 unspecified atom stereocenters. The lowest BCUT2D eigenvalue weighted by molar-refractivity contribution is 0.359. The third-order valence-electron chi connectivity index (χ3n) is 2.55. The maximum absolute atomic E-state index is 12.1. The molecule has 1 aromatic carbocycles. The maximum Gasteiger partial charge on any atom is 0.294 e. The third kappa shape index (κ3) is 5.34. The minimum atomic E-state index is -4.02. The van der Waals surface area contributed by atoms with Crippen molar-refractivity contribution in [1.82, 2.24) is 5.32 Å². The molecular weight excluding hydrogens is 271 g/mol. The van der Waals surface area contributed by atoms with Crippen LogP contribution in [0.1, 0.15) is 12.0 Å². The molecule has 2 N–H and O–H groups in total. The lowest BCUT2D eigenvalue weighted by Gasteiger charge is -1.95. The van der Waals surface area contributed by atoms with Gasteiger partial charge in [0.1, 0.15) is 6.17 Å². The van der Waals surface area contributed by atoms with Crippen LogP contribution in [0.3, 0.4) is 0 Å². The average Bonchev–Trinajstić information content (AvgIpc) is 2.75. The van der Waals surface area contributed by atoms with Crippen LogP contribution in [0.15, 0.2) is 29.2 Å². The smallest absolute Gasteiger partial charge is 0.294 e. The van der Waals surface area contributed by atoms with Crippen LogP contribution in [0, 0.1) is 18.3 Å². The molecular formula is C12H15FN2O3S. The van der Waals surface area contributed by atoms with E-state index in [-0.39, 0.29) is 10.9 Å². The van der Waals surface area contributed by atoms with Crippen LogP contribution >= 0.6 is 0 Å². The number of nitrogens with one attached hydrogen (secondary N) is 1. The van der Waals surface area contributed by atoms with Gasteiger partial charge in [0.05, 0.1) is 17.0 Å². The highest BCUT2D eigenvalue weighted by atomic mass is 32.2. The van der Waals surface area contributed by atoms with Gasteiger partial charge < -0.3 is 0 Å². The van der Waals surface area contributed by atoms with Gasteiger partial charge in [-0.05, 0) is 19.1 Å². The molecule has 1 saturated heterocycles. The van der Waals surface area contributed by atoms with Gasteiger partial charge in [-0.1, -0.05) is 17.7 Å². The fraction of sp³-hybridized carbons (Fsp3) is 0.417. The van der Waals surface area contributed by atoms with Gasteiger partial charge in [-0.2, -0.15) is 13.7 Å². The summed E-state index contributed by atoms with van der Waals surface area (Å²) in [4.78, 5) is -0.0666. The number of aryl methyl sites for hydroxylation is 1. The van der Waals surface area contributed by atoms with E-state index in [4.69, 9.17) is 9.81 Å². The van der Waals surface area contributed by atoms with Crippen molar-refractivity contribution in [3.05, 3.63) is 29.8 Å². The molecule has 0 bridgehead atoms. The minimum Gasteiger partial charge on any atom is -0.299 e. The standard InChI is InChI=1S/C7H8O3S.C5H7FN2/c1-6-2-4-7(5-3-6)11(8,9)10;6-4-1-5(2-7)8-3-4/h2-5H,1H3,(H,8,9,10);4-5,8H,1,3H2. The van der Waals surface area contributed by atoms with E-state index in [9.17, 15) is 12.8 Å². The van der Waals surface area contributed by atoms with Crippen molar-refractivity contribution in [2.75, 3.05) is 6.54 Å². The Morgan fingerprint density at radius 1 is 1.42 bits per heavy atom. The molecule has 2 rings (SSSR count). The molecule has 0 spiro atoms. The number of benzene rings is 1. The Morgan fingerprint density at radius 3 is 2.32 bits per heavy atom. The zero-order valence-corrected chi connectivity index (χ0v) is 11.2. The highest BCUT2D eigenvalue weighted by Crippen LogP contribution is 2.08. The van der Waals surface area contributed by atoms with Crippen LogP contribution in [0.5, 0.6) is 0 Å². The van der Waals surface area contributed by atoms with Gasteiger partial charge in [0.25, 0.3) is 10.1 Å². The first-order valence-electron chi connectivity index (χ1n) is 5.64. The summed E-state index contributed by atoms with van der Waals surface area (Å²) in [5, 5.41) is 10.9. The van der Waals surface area contributed by atoms with Crippen molar-refractivity contribution in [1.29, 1.82) is 5.26 Å². The van der Waals surface area contributed by atoms with Gasteiger partial charge in [0.2, 0.25) is 0 Å². The highest BCUT2D eigenvalue weighted by molar-refractivity contribution is 7.85. The Morgan fingerprint density at radius 2 is 2.00 bits per heavy atom. The molecule has 1 heterocycles. The average molecular weight is 286 g/mol. The van der Waals surface area contributed by atoms with Gasteiger partial charge in [-0.15, -0.1) is 0 Å². The van der Waals surface area contributed by atoms with Crippen LogP contribution in [0.2, 0.25) is 0 Å². The number of hydrogen-bond acceptors (Lipinski definition) is 4. The van der Waals surface area contributed by atoms with E-state index >= 15 is 0 Å². The molecule has 1 aliphatic rings. The summed E-state index contributed by atoms with van der Waals surface area (Å²) in [6, 6.07) is 7.69. The number of hydrogen-bond donors (Lipinski definition) is 2. The normalized spacial score (nSPS) is 22.2. The van der Waals surface area contributed by atoms with Crippen molar-refractivity contribution in [3.8, 4) is 6.07 Å². The van der Waals surface area contributed by atoms with E-state index in [0.29, 0.717) is 13.0 Å². The lowest BCUT2D eigenvalue weighted by atomic mass is 10.2. The molecule has 7 heteroatoms. The SMILES string of the molecule is Cc1ccc(S(=O)(=O)O)cc1.N#CC1CC(F)CN1. The van der Waals surface area contributed by atoms with Crippen molar-refractivity contribution < 1.29 is 17.4 Å². The van der Waals surface area contributed by atoms with Gasteiger partial charge in [-0.3, -0.25) is 9.87 Å². The lowest BCUT2D eigenvalue weighted by Crippen LogP contribution is -2.18. The van der Waals surface area contributed by atoms with Crippen molar-refractivity contribution in [2.24, 2.45) is 0 Å². The third-order valence-corrected chi connectivity index (χ3v) is 3.42. The molecule has 0 saturated carbocycles. The van der Waals surface area contributed by atoms with E-state index < -0.39 is 16.3 Å². The monoisotopic (exact) mass is 286 g/mol. The molecule has 2 atom stereocenters. The maximum atomic E-state index is 12.1. The predicted molar refractivity (Wildman–Crippen MR) is 67.9 cm³/mol. The van der Waals surface area contributed by atoms with E-state index in [1.165, 1.54) is 12.1 Å². The Bertz CT molecular complexity index is 551. The number of halogens is 1. The van der Waals surface area contributed by atoms with E-state index in [1.807, 2.05) is 13.0 Å². The molecule has 1 aliphatic heterocycles. The Hall–Kier alpha value is -1.49. The van der Waals surface area contributed by atoms with Crippen LogP contribution in [-0.2, 0) is 10.1 Å². The minimum absolute atomic E-state index is 0.0666. The highest BCUT2D eigenvalue weighted by Gasteiger charge is 2.22. The molecule has 0 aromatic heterocycles. The van der Waals surface area contributed by atoms with Gasteiger partial charge in [-0.25, -0.2) is 4.39 Å². The second-order valence-corrected chi connectivity index (χ2v) is 5.63. The predicted octanol–water partition coefficient (Wildman–Crippen LogP) is 1.45. The Labute approximate surface area is 111 Å². The van der Waals surface area contributed by atoms with Crippen LogP contribution in [-0.4, -0.2) is 31.7 Å². The van der Waals surface area contributed by atoms with Gasteiger partial charge in [0, 0.05) is 13.0 Å². The number of alkyl halides is 1. The van der Waals surface area contributed by atoms with E-state index in [1.54, 1.807) is 12.1 Å². The van der Waals surface area contributed by atoms with E-state index in [2.05, 4.69) is 5.32 Å². The summed E-state index contributed by atoms with van der Waals surface area (Å²) in [5.41, 5.74) is 0.956. The summed E-state index contributed by atoms with van der Waals surface area (Å²) in [6.07, 6.45) is -0.448. The zero-order chi connectivity index (χ0) is 14.5. The summed E-state index contributed by atoms with van der Waals surface area (Å²) in [6.45, 7) is 2.19. The van der Waals surface area contributed by atoms with Crippen molar-refractivity contribution in [2.45, 2.75) is 30.5 Å². The van der Waals surface area contributed by atoms with Gasteiger partial charge in [0.15, 0.2) is 0 Å². The first kappa shape index (κ1) is 15.6. The first-order valence-corrected chi connectivity index (χ1v) is 7.08. The topological polar surface area (TPSA) is 90.2 Å². The van der Waals surface area contributed by atoms with Crippen LogP contribution < -0.4 is 5.32 Å². The summed E-state index contributed by atoms with van der Waals surface area (Å²) < 4.78 is 41.7. The molecule has 19 heavy (non-hydrogen) atoms. The quantitative estimate of drug-likeness (QED) is 0.763. The zero-order valence-electron chi connectivity index (χ0n) is 10.4. The molecule has 0 amide bonds. The van der Waals surface area contributed by atoms with Crippen LogP contribution in [0.25, 0.3) is 0 Å². The van der Waals surface area contributed by atoms with Crippen molar-refractivity contribution in [3.63, 3.8) is 0 Å². The Kier molecular flexibility index (Phi) is 5.42. The van der Waals surface area contributed by atoms with Crippen LogP contribution in [0.4, 0.5) is 4.39 Å². The summed E-state index contributed by atoms with van der Waals surface area (Å²) >= 11 is 0. The molecule has 1 aromatic rings. The molecule has 0 radical (unpaired) electrons.